The van der Waals surface area contributed by atoms with Crippen LogP contribution in [0.4, 0.5) is 11.6 Å². The van der Waals surface area contributed by atoms with Crippen LogP contribution in [0.25, 0.3) is 0 Å². The monoisotopic (exact) mass is 415 g/mol. The molecule has 0 radical (unpaired) electrons. The minimum absolute atomic E-state index is 0.0522. The number of nitrogens with zero attached hydrogens (tertiary/aromatic N) is 4. The zero-order chi connectivity index (χ0) is 20.1. The fraction of sp³-hybridized carbons (Fsp3) is 0.476. The number of hydrogen-bond acceptors (Lipinski definition) is 6. The zero-order valence-electron chi connectivity index (χ0n) is 16.4. The number of carbonyl (C=O) groups is 1. The van der Waals surface area contributed by atoms with Crippen molar-refractivity contribution < 1.29 is 9.53 Å². The highest BCUT2D eigenvalue weighted by atomic mass is 35.5. The van der Waals surface area contributed by atoms with Gasteiger partial charge in [-0.15, -0.1) is 10.2 Å². The summed E-state index contributed by atoms with van der Waals surface area (Å²) in [5.74, 6) is 1.73. The van der Waals surface area contributed by atoms with E-state index in [2.05, 4.69) is 25.3 Å². The molecule has 8 heteroatoms. The summed E-state index contributed by atoms with van der Waals surface area (Å²) in [7, 11) is 0. The molecule has 3 heterocycles. The highest BCUT2D eigenvalue weighted by Gasteiger charge is 2.26. The van der Waals surface area contributed by atoms with E-state index in [0.717, 1.165) is 62.9 Å². The molecule has 4 rings (SSSR count). The van der Waals surface area contributed by atoms with Crippen molar-refractivity contribution in [1.29, 1.82) is 0 Å². The summed E-state index contributed by atoms with van der Waals surface area (Å²) < 4.78 is 5.39. The number of benzene rings is 1. The summed E-state index contributed by atoms with van der Waals surface area (Å²) in [5, 5.41) is 12.5. The predicted octanol–water partition coefficient (Wildman–Crippen LogP) is 2.50. The zero-order valence-corrected chi connectivity index (χ0v) is 17.1. The van der Waals surface area contributed by atoms with E-state index < -0.39 is 0 Å². The Kier molecular flexibility index (Phi) is 6.46. The van der Waals surface area contributed by atoms with Crippen molar-refractivity contribution in [2.45, 2.75) is 19.4 Å². The van der Waals surface area contributed by atoms with Gasteiger partial charge < -0.3 is 19.9 Å². The maximum Gasteiger partial charge on any atom is 0.225 e. The van der Waals surface area contributed by atoms with E-state index >= 15 is 0 Å². The van der Waals surface area contributed by atoms with Crippen LogP contribution in [-0.2, 0) is 16.1 Å². The SMILES string of the molecule is O=C(NCc1cccc(Cl)c1)[C@H]1CCCN(c2ccc(N3CCOCC3)nn2)C1. The number of hydrogen-bond donors (Lipinski definition) is 1. The first-order valence-electron chi connectivity index (χ1n) is 10.1. The molecule has 2 aliphatic heterocycles. The molecule has 2 aromatic rings. The van der Waals surface area contributed by atoms with Crippen LogP contribution < -0.4 is 15.1 Å². The van der Waals surface area contributed by atoms with Gasteiger partial charge in [0.25, 0.3) is 0 Å². The lowest BCUT2D eigenvalue weighted by molar-refractivity contribution is -0.125. The Hall–Kier alpha value is -2.38. The van der Waals surface area contributed by atoms with Gasteiger partial charge in [-0.25, -0.2) is 0 Å². The smallest absolute Gasteiger partial charge is 0.225 e. The number of morpholine rings is 1. The summed E-state index contributed by atoms with van der Waals surface area (Å²) in [6, 6.07) is 11.6. The molecule has 1 aromatic carbocycles. The summed E-state index contributed by atoms with van der Waals surface area (Å²) >= 11 is 6.02. The molecule has 1 atom stereocenters. The van der Waals surface area contributed by atoms with E-state index in [0.29, 0.717) is 18.1 Å². The minimum atomic E-state index is -0.0522. The van der Waals surface area contributed by atoms with Gasteiger partial charge in [0.05, 0.1) is 19.1 Å². The first kappa shape index (κ1) is 19.9. The Morgan fingerprint density at radius 2 is 1.86 bits per heavy atom. The number of carbonyl (C=O) groups excluding carboxylic acids is 1. The Morgan fingerprint density at radius 3 is 2.59 bits per heavy atom. The van der Waals surface area contributed by atoms with E-state index in [-0.39, 0.29) is 11.8 Å². The first-order valence-corrected chi connectivity index (χ1v) is 10.5. The summed E-state index contributed by atoms with van der Waals surface area (Å²) in [6.07, 6.45) is 1.85. The second kappa shape index (κ2) is 9.41. The van der Waals surface area contributed by atoms with Crippen LogP contribution >= 0.6 is 11.6 Å². The Morgan fingerprint density at radius 1 is 1.10 bits per heavy atom. The summed E-state index contributed by atoms with van der Waals surface area (Å²) in [5.41, 5.74) is 1.00. The average Bonchev–Trinajstić information content (AvgIpc) is 2.78. The van der Waals surface area contributed by atoms with Gasteiger partial charge in [0.1, 0.15) is 0 Å². The largest absolute Gasteiger partial charge is 0.378 e. The number of amides is 1. The van der Waals surface area contributed by atoms with Gasteiger partial charge in [-0.3, -0.25) is 4.79 Å². The molecule has 2 fully saturated rings. The van der Waals surface area contributed by atoms with Gasteiger partial charge in [-0.05, 0) is 42.7 Å². The first-order chi connectivity index (χ1) is 14.2. The van der Waals surface area contributed by atoms with Gasteiger partial charge in [0.2, 0.25) is 5.91 Å². The molecule has 2 aliphatic rings. The number of halogens is 1. The second-order valence-corrected chi connectivity index (χ2v) is 7.92. The molecular formula is C21H26ClN5O2. The fourth-order valence-corrected chi connectivity index (χ4v) is 4.04. The lowest BCUT2D eigenvalue weighted by Crippen LogP contribution is -2.43. The second-order valence-electron chi connectivity index (χ2n) is 7.48. The molecule has 7 nitrogen and oxygen atoms in total. The molecule has 0 spiro atoms. The van der Waals surface area contributed by atoms with Gasteiger partial charge in [-0.2, -0.15) is 0 Å². The molecule has 2 saturated heterocycles. The molecule has 154 valence electrons. The Bertz CT molecular complexity index is 826. The van der Waals surface area contributed by atoms with Gasteiger partial charge in [0.15, 0.2) is 11.6 Å². The lowest BCUT2D eigenvalue weighted by Gasteiger charge is -2.33. The minimum Gasteiger partial charge on any atom is -0.378 e. The van der Waals surface area contributed by atoms with Crippen LogP contribution in [-0.4, -0.2) is 55.5 Å². The maximum absolute atomic E-state index is 12.7. The standard InChI is InChI=1S/C21H26ClN5O2/c22-18-5-1-3-16(13-18)14-23-21(28)17-4-2-8-27(15-17)20-7-6-19(24-25-20)26-9-11-29-12-10-26/h1,3,5-7,13,17H,2,4,8-12,14-15H2,(H,23,28)/t17-/m0/s1. The fourth-order valence-electron chi connectivity index (χ4n) is 3.83. The third kappa shape index (κ3) is 5.16. The van der Waals surface area contributed by atoms with E-state index in [1.54, 1.807) is 0 Å². The third-order valence-corrected chi connectivity index (χ3v) is 5.68. The van der Waals surface area contributed by atoms with Crippen LogP contribution in [0.15, 0.2) is 36.4 Å². The lowest BCUT2D eigenvalue weighted by atomic mass is 9.97. The van der Waals surface area contributed by atoms with E-state index in [1.165, 1.54) is 0 Å². The number of piperidine rings is 1. The number of nitrogens with one attached hydrogen (secondary N) is 1. The Labute approximate surface area is 176 Å². The highest BCUT2D eigenvalue weighted by molar-refractivity contribution is 6.30. The van der Waals surface area contributed by atoms with Gasteiger partial charge in [0, 0.05) is 37.7 Å². The van der Waals surface area contributed by atoms with Crippen molar-refractivity contribution in [3.8, 4) is 0 Å². The number of rotatable bonds is 5. The van der Waals surface area contributed by atoms with E-state index in [4.69, 9.17) is 16.3 Å². The van der Waals surface area contributed by atoms with Crippen LogP contribution in [0, 0.1) is 5.92 Å². The number of anilines is 2. The van der Waals surface area contributed by atoms with E-state index in [9.17, 15) is 4.79 Å². The molecule has 0 unspecified atom stereocenters. The van der Waals surface area contributed by atoms with Crippen molar-refractivity contribution in [3.05, 3.63) is 47.0 Å². The highest BCUT2D eigenvalue weighted by Crippen LogP contribution is 2.23. The number of ether oxygens (including phenoxy) is 1. The average molecular weight is 416 g/mol. The normalized spacial score (nSPS) is 19.8. The van der Waals surface area contributed by atoms with Gasteiger partial charge in [-0.1, -0.05) is 23.7 Å². The molecule has 1 aromatic heterocycles. The van der Waals surface area contributed by atoms with Crippen LogP contribution in [0.1, 0.15) is 18.4 Å². The van der Waals surface area contributed by atoms with Crippen LogP contribution in [0.3, 0.4) is 0 Å². The van der Waals surface area contributed by atoms with Crippen molar-refractivity contribution in [2.24, 2.45) is 5.92 Å². The molecule has 1 N–H and O–H groups in total. The summed E-state index contributed by atoms with van der Waals surface area (Å²) in [6.45, 7) is 5.17. The van der Waals surface area contributed by atoms with Crippen molar-refractivity contribution >= 4 is 29.1 Å². The molecule has 1 amide bonds. The van der Waals surface area contributed by atoms with Crippen LogP contribution in [0.5, 0.6) is 0 Å². The quantitative estimate of drug-likeness (QED) is 0.809. The number of aromatic nitrogens is 2. The van der Waals surface area contributed by atoms with Crippen molar-refractivity contribution in [1.82, 2.24) is 15.5 Å². The molecule has 0 aliphatic carbocycles. The van der Waals surface area contributed by atoms with E-state index in [1.807, 2.05) is 36.4 Å². The molecule has 29 heavy (non-hydrogen) atoms. The van der Waals surface area contributed by atoms with Crippen LogP contribution in [0.2, 0.25) is 5.02 Å². The molecule has 0 bridgehead atoms. The molecular weight excluding hydrogens is 390 g/mol. The topological polar surface area (TPSA) is 70.6 Å². The third-order valence-electron chi connectivity index (χ3n) is 5.44. The van der Waals surface area contributed by atoms with Crippen molar-refractivity contribution in [2.75, 3.05) is 49.2 Å². The molecule has 0 saturated carbocycles. The van der Waals surface area contributed by atoms with Gasteiger partial charge >= 0.3 is 0 Å². The Balaban J connectivity index is 1.33. The van der Waals surface area contributed by atoms with Crippen molar-refractivity contribution in [3.63, 3.8) is 0 Å². The summed E-state index contributed by atoms with van der Waals surface area (Å²) in [4.78, 5) is 17.0. The maximum atomic E-state index is 12.7. The predicted molar refractivity (Wildman–Crippen MR) is 113 cm³/mol.